The number of rotatable bonds is 7. The molecule has 96 valence electrons. The molecule has 0 aromatic heterocycles. The summed E-state index contributed by atoms with van der Waals surface area (Å²) in [4.78, 5) is 2.31. The van der Waals surface area contributed by atoms with Crippen LogP contribution in [0.5, 0.6) is 0 Å². The molecule has 2 N–H and O–H groups in total. The Hall–Kier alpha value is -0.900. The van der Waals surface area contributed by atoms with Crippen molar-refractivity contribution in [3.05, 3.63) is 35.4 Å². The summed E-state index contributed by atoms with van der Waals surface area (Å²) in [5.74, 6) is 0. The molecule has 0 heterocycles. The van der Waals surface area contributed by atoms with Gasteiger partial charge in [-0.2, -0.15) is 0 Å². The summed E-state index contributed by atoms with van der Waals surface area (Å²) in [7, 11) is 3.86. The predicted octanol–water partition coefficient (Wildman–Crippen LogP) is 2.17. The summed E-state index contributed by atoms with van der Waals surface area (Å²) in [6.07, 6.45) is 1.14. The summed E-state index contributed by atoms with van der Waals surface area (Å²) in [6, 6.07) is 8.66. The van der Waals surface area contributed by atoms with E-state index in [1.165, 1.54) is 11.1 Å². The van der Waals surface area contributed by atoms with Crippen molar-refractivity contribution in [2.75, 3.05) is 27.2 Å². The zero-order valence-corrected chi connectivity index (χ0v) is 11.1. The number of likely N-dealkylation sites (N-methyl/N-ethyl adjacent to an activating group) is 1. The maximum Gasteiger partial charge on any atom is 0.0716 e. The molecule has 0 saturated carbocycles. The number of ether oxygens (including phenoxy) is 1. The van der Waals surface area contributed by atoms with E-state index in [-0.39, 0.29) is 6.04 Å². The summed E-state index contributed by atoms with van der Waals surface area (Å²) < 4.78 is 5.24. The van der Waals surface area contributed by atoms with Crippen LogP contribution in [0.3, 0.4) is 0 Å². The molecule has 1 atom stereocenters. The average molecular weight is 236 g/mol. The topological polar surface area (TPSA) is 38.5 Å². The highest BCUT2D eigenvalue weighted by atomic mass is 16.5. The molecule has 1 unspecified atom stereocenters. The van der Waals surface area contributed by atoms with Crippen LogP contribution in [-0.2, 0) is 11.3 Å². The first-order valence-corrected chi connectivity index (χ1v) is 6.21. The number of nitrogens with two attached hydrogens (primary N) is 1. The fourth-order valence-corrected chi connectivity index (χ4v) is 2.20. The van der Waals surface area contributed by atoms with E-state index in [0.29, 0.717) is 13.2 Å². The molecule has 0 fully saturated rings. The quantitative estimate of drug-likeness (QED) is 0.788. The van der Waals surface area contributed by atoms with Crippen molar-refractivity contribution in [1.29, 1.82) is 0 Å². The molecule has 1 aromatic carbocycles. The van der Waals surface area contributed by atoms with Crippen molar-refractivity contribution in [3.63, 3.8) is 0 Å². The Bertz CT molecular complexity index is 328. The summed E-state index contributed by atoms with van der Waals surface area (Å²) in [6.45, 7) is 4.53. The monoisotopic (exact) mass is 236 g/mol. The highest BCUT2D eigenvalue weighted by Crippen LogP contribution is 2.22. The van der Waals surface area contributed by atoms with E-state index in [9.17, 15) is 0 Å². The summed E-state index contributed by atoms with van der Waals surface area (Å²) in [5.41, 5.74) is 8.43. The molecule has 0 radical (unpaired) electrons. The fraction of sp³-hybridized carbons (Fsp3) is 0.571. The van der Waals surface area contributed by atoms with Crippen molar-refractivity contribution in [2.45, 2.75) is 26.0 Å². The molecule has 1 rings (SSSR count). The second-order valence-electron chi connectivity index (χ2n) is 4.36. The first-order valence-electron chi connectivity index (χ1n) is 6.21. The molecule has 0 aliphatic rings. The largest absolute Gasteiger partial charge is 0.380 e. The fourth-order valence-electron chi connectivity index (χ4n) is 2.20. The first kappa shape index (κ1) is 14.2. The van der Waals surface area contributed by atoms with E-state index in [2.05, 4.69) is 37.1 Å². The lowest BCUT2D eigenvalue weighted by Gasteiger charge is -2.28. The highest BCUT2D eigenvalue weighted by Gasteiger charge is 2.17. The van der Waals surface area contributed by atoms with Gasteiger partial charge in [0.05, 0.1) is 6.61 Å². The van der Waals surface area contributed by atoms with Gasteiger partial charge in [-0.1, -0.05) is 31.2 Å². The van der Waals surface area contributed by atoms with Crippen LogP contribution in [0.25, 0.3) is 0 Å². The first-order chi connectivity index (χ1) is 8.24. The van der Waals surface area contributed by atoms with Gasteiger partial charge >= 0.3 is 0 Å². The number of methoxy groups -OCH3 is 1. The molecule has 0 aliphatic heterocycles. The van der Waals surface area contributed by atoms with E-state index in [0.717, 1.165) is 13.0 Å². The molecular weight excluding hydrogens is 212 g/mol. The van der Waals surface area contributed by atoms with Gasteiger partial charge in [0, 0.05) is 19.7 Å². The lowest BCUT2D eigenvalue weighted by molar-refractivity contribution is 0.180. The van der Waals surface area contributed by atoms with Crippen LogP contribution >= 0.6 is 0 Å². The number of hydrogen-bond donors (Lipinski definition) is 1. The third-order valence-corrected chi connectivity index (χ3v) is 3.05. The van der Waals surface area contributed by atoms with Crippen LogP contribution in [0.4, 0.5) is 0 Å². The van der Waals surface area contributed by atoms with Crippen LogP contribution < -0.4 is 5.73 Å². The molecule has 0 saturated heterocycles. The van der Waals surface area contributed by atoms with Gasteiger partial charge in [-0.15, -0.1) is 0 Å². The van der Waals surface area contributed by atoms with Gasteiger partial charge in [0.2, 0.25) is 0 Å². The van der Waals surface area contributed by atoms with E-state index < -0.39 is 0 Å². The van der Waals surface area contributed by atoms with Gasteiger partial charge in [0.25, 0.3) is 0 Å². The van der Waals surface area contributed by atoms with E-state index in [4.69, 9.17) is 10.5 Å². The van der Waals surface area contributed by atoms with Crippen molar-refractivity contribution >= 4 is 0 Å². The molecule has 0 bridgehead atoms. The molecule has 3 nitrogen and oxygen atoms in total. The maximum atomic E-state index is 5.92. The second-order valence-corrected chi connectivity index (χ2v) is 4.36. The Balaban J connectivity index is 2.93. The minimum atomic E-state index is 0.279. The van der Waals surface area contributed by atoms with Gasteiger partial charge in [0.15, 0.2) is 0 Å². The molecular formula is C14H24N2O. The van der Waals surface area contributed by atoms with Crippen LogP contribution in [0, 0.1) is 0 Å². The Morgan fingerprint density at radius 2 is 2.06 bits per heavy atom. The zero-order chi connectivity index (χ0) is 12.7. The number of benzene rings is 1. The molecule has 17 heavy (non-hydrogen) atoms. The van der Waals surface area contributed by atoms with Gasteiger partial charge < -0.3 is 10.5 Å². The molecule has 1 aromatic rings. The van der Waals surface area contributed by atoms with Gasteiger partial charge in [-0.25, -0.2) is 0 Å². The normalized spacial score (nSPS) is 13.0. The van der Waals surface area contributed by atoms with E-state index >= 15 is 0 Å². The zero-order valence-electron chi connectivity index (χ0n) is 11.1. The Labute approximate surface area is 105 Å². The Morgan fingerprint density at radius 3 is 2.65 bits per heavy atom. The van der Waals surface area contributed by atoms with Crippen LogP contribution in [0.1, 0.15) is 30.5 Å². The highest BCUT2D eigenvalue weighted by molar-refractivity contribution is 5.30. The number of nitrogens with zero attached hydrogens (tertiary/aromatic N) is 1. The molecule has 3 heteroatoms. The van der Waals surface area contributed by atoms with Crippen molar-refractivity contribution < 1.29 is 4.74 Å². The lowest BCUT2D eigenvalue weighted by atomic mass is 9.99. The molecule has 0 spiro atoms. The maximum absolute atomic E-state index is 5.92. The minimum Gasteiger partial charge on any atom is -0.380 e. The van der Waals surface area contributed by atoms with E-state index in [1.807, 2.05) is 6.07 Å². The van der Waals surface area contributed by atoms with Crippen molar-refractivity contribution in [2.24, 2.45) is 5.73 Å². The average Bonchev–Trinajstić information content (AvgIpc) is 2.33. The number of hydrogen-bond acceptors (Lipinski definition) is 3. The summed E-state index contributed by atoms with van der Waals surface area (Å²) >= 11 is 0. The van der Waals surface area contributed by atoms with E-state index in [1.54, 1.807) is 7.11 Å². The molecule has 0 aliphatic carbocycles. The lowest BCUT2D eigenvalue weighted by Crippen LogP contribution is -2.31. The smallest absolute Gasteiger partial charge is 0.0716 e. The van der Waals surface area contributed by atoms with Crippen LogP contribution in [0.2, 0.25) is 0 Å². The minimum absolute atomic E-state index is 0.279. The second kappa shape index (κ2) is 7.43. The van der Waals surface area contributed by atoms with Gasteiger partial charge in [0.1, 0.15) is 0 Å². The standard InChI is InChI=1S/C14H24N2O/c1-4-9-16(2)14(10-15)13-8-6-5-7-12(13)11-17-3/h5-8,14H,4,9-11,15H2,1-3H3. The van der Waals surface area contributed by atoms with Gasteiger partial charge in [-0.3, -0.25) is 4.90 Å². The van der Waals surface area contributed by atoms with Crippen LogP contribution in [0.15, 0.2) is 24.3 Å². The van der Waals surface area contributed by atoms with Crippen molar-refractivity contribution in [3.8, 4) is 0 Å². The molecule has 0 amide bonds. The van der Waals surface area contributed by atoms with Gasteiger partial charge in [-0.05, 0) is 31.1 Å². The van der Waals surface area contributed by atoms with Crippen molar-refractivity contribution in [1.82, 2.24) is 4.90 Å². The Morgan fingerprint density at radius 1 is 1.35 bits per heavy atom. The SMILES string of the molecule is CCCN(C)C(CN)c1ccccc1COC. The van der Waals surface area contributed by atoms with Crippen LogP contribution in [-0.4, -0.2) is 32.1 Å². The summed E-state index contributed by atoms with van der Waals surface area (Å²) in [5, 5.41) is 0. The predicted molar refractivity (Wildman–Crippen MR) is 71.9 cm³/mol. The Kier molecular flexibility index (Phi) is 6.19. The third-order valence-electron chi connectivity index (χ3n) is 3.05. The third kappa shape index (κ3) is 3.80.